The molecule has 5 heteroatoms. The summed E-state index contributed by atoms with van der Waals surface area (Å²) in [5.41, 5.74) is 2.90. The predicted octanol–water partition coefficient (Wildman–Crippen LogP) is 6.27. The summed E-state index contributed by atoms with van der Waals surface area (Å²) in [5.74, 6) is 0.0585. The second-order valence-corrected chi connectivity index (χ2v) is 7.71. The van der Waals surface area contributed by atoms with Gasteiger partial charge in [-0.3, -0.25) is 4.79 Å². The number of aromatic nitrogens is 1. The van der Waals surface area contributed by atoms with Crippen molar-refractivity contribution in [3.63, 3.8) is 0 Å². The molecule has 146 valence electrons. The second-order valence-electron chi connectivity index (χ2n) is 6.67. The van der Waals surface area contributed by atoms with Crippen molar-refractivity contribution < 1.29 is 14.6 Å². The molecule has 28 heavy (non-hydrogen) atoms. The molecule has 1 N–H and O–H groups in total. The molecule has 0 fully saturated rings. The maximum atomic E-state index is 11.1. The zero-order valence-corrected chi connectivity index (χ0v) is 16.9. The van der Waals surface area contributed by atoms with E-state index in [1.54, 1.807) is 11.3 Å². The summed E-state index contributed by atoms with van der Waals surface area (Å²) >= 11 is 1.60. The van der Waals surface area contributed by atoms with E-state index < -0.39 is 5.97 Å². The van der Waals surface area contributed by atoms with E-state index in [1.165, 1.54) is 12.8 Å². The number of rotatable bonds is 10. The lowest BCUT2D eigenvalue weighted by Gasteiger charge is -2.07. The van der Waals surface area contributed by atoms with Gasteiger partial charge in [0.05, 0.1) is 16.8 Å². The van der Waals surface area contributed by atoms with Crippen LogP contribution < -0.4 is 4.74 Å². The van der Waals surface area contributed by atoms with Crippen molar-refractivity contribution >= 4 is 39.2 Å². The normalized spacial score (nSPS) is 11.7. The predicted molar refractivity (Wildman–Crippen MR) is 116 cm³/mol. The molecule has 0 atom stereocenters. The molecule has 0 saturated carbocycles. The van der Waals surface area contributed by atoms with Gasteiger partial charge < -0.3 is 9.84 Å². The van der Waals surface area contributed by atoms with E-state index in [0.29, 0.717) is 6.42 Å². The summed E-state index contributed by atoms with van der Waals surface area (Å²) in [6.45, 7) is 2.91. The highest BCUT2D eigenvalue weighted by Gasteiger charge is 2.11. The Labute approximate surface area is 169 Å². The van der Waals surface area contributed by atoms with Crippen molar-refractivity contribution in [1.29, 1.82) is 0 Å². The molecule has 0 aliphatic carbocycles. The summed E-state index contributed by atoms with van der Waals surface area (Å²) in [4.78, 5) is 15.8. The number of carboxylic acid groups (broad SMARTS) is 1. The summed E-state index contributed by atoms with van der Waals surface area (Å²) in [5, 5.41) is 9.99. The number of nitrogens with zero attached hydrogens (tertiary/aromatic N) is 1. The van der Waals surface area contributed by atoms with Gasteiger partial charge in [0.2, 0.25) is 0 Å². The SMILES string of the molecule is CCCCCOc1ccc(/C=C(\CCC(=O)O)c2nc3ccccc3s2)cc1. The van der Waals surface area contributed by atoms with Crippen LogP contribution in [0.5, 0.6) is 5.75 Å². The van der Waals surface area contributed by atoms with Crippen molar-refractivity contribution in [3.05, 3.63) is 59.1 Å². The number of allylic oxidation sites excluding steroid dienone is 1. The number of fused-ring (bicyclic) bond motifs is 1. The number of carbonyl (C=O) groups is 1. The van der Waals surface area contributed by atoms with Crippen molar-refractivity contribution in [3.8, 4) is 5.75 Å². The molecule has 0 unspecified atom stereocenters. The Hall–Kier alpha value is -2.66. The Morgan fingerprint density at radius 3 is 2.61 bits per heavy atom. The first kappa shape index (κ1) is 20.1. The second kappa shape index (κ2) is 10.0. The van der Waals surface area contributed by atoms with Gasteiger partial charge >= 0.3 is 5.97 Å². The van der Waals surface area contributed by atoms with Gasteiger partial charge in [-0.1, -0.05) is 44.0 Å². The van der Waals surface area contributed by atoms with Crippen LogP contribution in [0.15, 0.2) is 48.5 Å². The summed E-state index contributed by atoms with van der Waals surface area (Å²) in [6.07, 6.45) is 5.98. The van der Waals surface area contributed by atoms with Gasteiger partial charge in [-0.25, -0.2) is 4.98 Å². The first-order chi connectivity index (χ1) is 13.7. The number of aliphatic carboxylic acids is 1. The molecule has 0 bridgehead atoms. The lowest BCUT2D eigenvalue weighted by molar-refractivity contribution is -0.136. The van der Waals surface area contributed by atoms with Crippen LogP contribution in [0, 0.1) is 0 Å². The zero-order valence-electron chi connectivity index (χ0n) is 16.1. The largest absolute Gasteiger partial charge is 0.494 e. The number of unbranched alkanes of at least 4 members (excludes halogenated alkanes) is 2. The number of thiazole rings is 1. The van der Waals surface area contributed by atoms with E-state index in [4.69, 9.17) is 14.8 Å². The molecule has 3 aromatic rings. The Bertz CT molecular complexity index is 911. The molecule has 1 aromatic heterocycles. The Morgan fingerprint density at radius 2 is 1.89 bits per heavy atom. The maximum Gasteiger partial charge on any atom is 0.303 e. The molecule has 1 heterocycles. The highest BCUT2D eigenvalue weighted by atomic mass is 32.1. The molecule has 0 saturated heterocycles. The third-order valence-corrected chi connectivity index (χ3v) is 5.53. The van der Waals surface area contributed by atoms with Crippen molar-refractivity contribution in [2.75, 3.05) is 6.61 Å². The lowest BCUT2D eigenvalue weighted by atomic mass is 10.1. The molecular formula is C23H25NO3S. The van der Waals surface area contributed by atoms with Crippen molar-refractivity contribution in [1.82, 2.24) is 4.98 Å². The number of hydrogen-bond acceptors (Lipinski definition) is 4. The molecule has 0 radical (unpaired) electrons. The topological polar surface area (TPSA) is 59.4 Å². The average Bonchev–Trinajstić information content (AvgIpc) is 3.13. The van der Waals surface area contributed by atoms with E-state index in [9.17, 15) is 4.79 Å². The van der Waals surface area contributed by atoms with Crippen LogP contribution in [0.2, 0.25) is 0 Å². The van der Waals surface area contributed by atoms with Crippen molar-refractivity contribution in [2.24, 2.45) is 0 Å². The van der Waals surface area contributed by atoms with Crippen LogP contribution in [-0.2, 0) is 4.79 Å². The molecule has 4 nitrogen and oxygen atoms in total. The van der Waals surface area contributed by atoms with E-state index in [2.05, 4.69) is 6.92 Å². The van der Waals surface area contributed by atoms with Crippen LogP contribution in [0.4, 0.5) is 0 Å². The van der Waals surface area contributed by atoms with Gasteiger partial charge in [0.15, 0.2) is 0 Å². The minimum atomic E-state index is -0.803. The Morgan fingerprint density at radius 1 is 1.11 bits per heavy atom. The fourth-order valence-electron chi connectivity index (χ4n) is 2.90. The molecule has 0 amide bonds. The molecular weight excluding hydrogens is 370 g/mol. The first-order valence-electron chi connectivity index (χ1n) is 9.67. The van der Waals surface area contributed by atoms with E-state index in [-0.39, 0.29) is 6.42 Å². The lowest BCUT2D eigenvalue weighted by Crippen LogP contribution is -1.97. The van der Waals surface area contributed by atoms with Gasteiger partial charge in [0.1, 0.15) is 10.8 Å². The Balaban J connectivity index is 1.79. The third-order valence-electron chi connectivity index (χ3n) is 4.41. The fraction of sp³-hybridized carbons (Fsp3) is 0.304. The van der Waals surface area contributed by atoms with Crippen LogP contribution >= 0.6 is 11.3 Å². The minimum absolute atomic E-state index is 0.0837. The molecule has 3 rings (SSSR count). The van der Waals surface area contributed by atoms with Crippen molar-refractivity contribution in [2.45, 2.75) is 39.0 Å². The van der Waals surface area contributed by atoms with Crippen LogP contribution in [0.1, 0.15) is 49.6 Å². The van der Waals surface area contributed by atoms with Crippen LogP contribution in [0.25, 0.3) is 21.9 Å². The molecule has 0 aliphatic rings. The third kappa shape index (κ3) is 5.67. The van der Waals surface area contributed by atoms with Gasteiger partial charge in [0, 0.05) is 6.42 Å². The fourth-order valence-corrected chi connectivity index (χ4v) is 3.90. The monoisotopic (exact) mass is 395 g/mol. The maximum absolute atomic E-state index is 11.1. The van der Waals surface area contributed by atoms with E-state index in [0.717, 1.165) is 45.1 Å². The van der Waals surface area contributed by atoms with E-state index >= 15 is 0 Å². The number of carboxylic acids is 1. The zero-order chi connectivity index (χ0) is 19.8. The first-order valence-corrected chi connectivity index (χ1v) is 10.5. The number of benzene rings is 2. The van der Waals surface area contributed by atoms with E-state index in [1.807, 2.05) is 54.6 Å². The standard InChI is InChI=1S/C23H25NO3S/c1-2-3-6-15-27-19-12-9-17(10-13-19)16-18(11-14-22(25)26)23-24-20-7-4-5-8-21(20)28-23/h4-5,7-10,12-13,16H,2-3,6,11,14-15H2,1H3,(H,25,26)/b18-16+. The smallest absolute Gasteiger partial charge is 0.303 e. The van der Waals surface area contributed by atoms with Gasteiger partial charge in [0.25, 0.3) is 0 Å². The van der Waals surface area contributed by atoms with Gasteiger partial charge in [-0.05, 0) is 54.3 Å². The molecule has 2 aromatic carbocycles. The number of para-hydroxylation sites is 1. The Kier molecular flexibility index (Phi) is 7.20. The molecule has 0 aliphatic heterocycles. The summed E-state index contributed by atoms with van der Waals surface area (Å²) in [6, 6.07) is 15.9. The molecule has 0 spiro atoms. The summed E-state index contributed by atoms with van der Waals surface area (Å²) in [7, 11) is 0. The minimum Gasteiger partial charge on any atom is -0.494 e. The average molecular weight is 396 g/mol. The van der Waals surface area contributed by atoms with Crippen LogP contribution in [-0.4, -0.2) is 22.7 Å². The van der Waals surface area contributed by atoms with Crippen LogP contribution in [0.3, 0.4) is 0 Å². The summed E-state index contributed by atoms with van der Waals surface area (Å²) < 4.78 is 6.87. The highest BCUT2D eigenvalue weighted by Crippen LogP contribution is 2.31. The number of hydrogen-bond donors (Lipinski definition) is 1. The number of ether oxygens (including phenoxy) is 1. The highest BCUT2D eigenvalue weighted by molar-refractivity contribution is 7.19. The van der Waals surface area contributed by atoms with Gasteiger partial charge in [-0.15, -0.1) is 11.3 Å². The quantitative estimate of drug-likeness (QED) is 0.411. The van der Waals surface area contributed by atoms with Gasteiger partial charge in [-0.2, -0.15) is 0 Å².